The van der Waals surface area contributed by atoms with Crippen LogP contribution in [0.5, 0.6) is 0 Å². The van der Waals surface area contributed by atoms with Gasteiger partial charge in [-0.15, -0.1) is 0 Å². The molecule has 3 nitrogen and oxygen atoms in total. The van der Waals surface area contributed by atoms with E-state index in [0.717, 1.165) is 0 Å². The summed E-state index contributed by atoms with van der Waals surface area (Å²) < 4.78 is 23.8. The molecule has 0 aromatic rings. The minimum absolute atomic E-state index is 0.180. The van der Waals surface area contributed by atoms with E-state index in [1.165, 1.54) is 4.90 Å². The van der Waals surface area contributed by atoms with Crippen LogP contribution < -0.4 is 5.32 Å². The van der Waals surface area contributed by atoms with Gasteiger partial charge in [-0.2, -0.15) is 0 Å². The minimum Gasteiger partial charge on any atom is -0.336 e. The van der Waals surface area contributed by atoms with Gasteiger partial charge in [0.2, 0.25) is 5.91 Å². The minimum atomic E-state index is -2.42. The van der Waals surface area contributed by atoms with E-state index in [2.05, 4.69) is 5.32 Å². The van der Waals surface area contributed by atoms with Crippen molar-refractivity contribution in [2.75, 3.05) is 26.2 Å². The summed E-state index contributed by atoms with van der Waals surface area (Å²) in [6, 6.07) is 0. The Labute approximate surface area is 69.7 Å². The number of amides is 1. The van der Waals surface area contributed by atoms with Crippen LogP contribution >= 0.6 is 0 Å². The van der Waals surface area contributed by atoms with Gasteiger partial charge in [0.15, 0.2) is 0 Å². The molecule has 1 amide bonds. The third-order valence-corrected chi connectivity index (χ3v) is 1.79. The van der Waals surface area contributed by atoms with Crippen LogP contribution in [0.3, 0.4) is 0 Å². The topological polar surface area (TPSA) is 32.3 Å². The summed E-state index contributed by atoms with van der Waals surface area (Å²) in [4.78, 5) is 12.3. The number of carbonyl (C=O) groups is 1. The van der Waals surface area contributed by atoms with Gasteiger partial charge in [0.1, 0.15) is 0 Å². The van der Waals surface area contributed by atoms with Crippen molar-refractivity contribution >= 4 is 5.91 Å². The van der Waals surface area contributed by atoms with Crippen molar-refractivity contribution in [3.63, 3.8) is 0 Å². The monoisotopic (exact) mass is 178 g/mol. The molecule has 1 saturated heterocycles. The molecule has 1 heterocycles. The third-order valence-electron chi connectivity index (χ3n) is 1.79. The van der Waals surface area contributed by atoms with Crippen LogP contribution in [-0.4, -0.2) is 43.4 Å². The lowest BCUT2D eigenvalue weighted by Crippen LogP contribution is -2.36. The summed E-state index contributed by atoms with van der Waals surface area (Å²) in [5.74, 6) is -0.180. The average molecular weight is 178 g/mol. The van der Waals surface area contributed by atoms with Crippen molar-refractivity contribution in [2.24, 2.45) is 0 Å². The molecule has 0 aromatic carbocycles. The highest BCUT2D eigenvalue weighted by Crippen LogP contribution is 2.02. The first-order chi connectivity index (χ1) is 5.70. The third kappa shape index (κ3) is 2.73. The molecule has 1 aliphatic heterocycles. The van der Waals surface area contributed by atoms with Gasteiger partial charge in [-0.3, -0.25) is 4.79 Å². The predicted octanol–water partition coefficient (Wildman–Crippen LogP) is 0.0734. The maximum Gasteiger partial charge on any atom is 0.255 e. The molecule has 0 spiro atoms. The van der Waals surface area contributed by atoms with Crippen LogP contribution in [0.4, 0.5) is 8.78 Å². The molecule has 0 radical (unpaired) electrons. The molecule has 5 heteroatoms. The quantitative estimate of drug-likeness (QED) is 0.649. The van der Waals surface area contributed by atoms with Crippen molar-refractivity contribution < 1.29 is 13.6 Å². The van der Waals surface area contributed by atoms with Crippen molar-refractivity contribution in [2.45, 2.75) is 12.8 Å². The molecule has 0 unspecified atom stereocenters. The summed E-state index contributed by atoms with van der Waals surface area (Å²) in [6.45, 7) is 1.17. The molecule has 1 aliphatic rings. The fourth-order valence-corrected chi connectivity index (χ4v) is 1.18. The van der Waals surface area contributed by atoms with Gasteiger partial charge in [-0.1, -0.05) is 0 Å². The largest absolute Gasteiger partial charge is 0.336 e. The average Bonchev–Trinajstić information content (AvgIpc) is 2.16. The second-order valence-electron chi connectivity index (χ2n) is 2.73. The van der Waals surface area contributed by atoms with Crippen LogP contribution in [0.15, 0.2) is 0 Å². The highest BCUT2D eigenvalue weighted by Gasteiger charge is 2.19. The molecule has 0 aromatic heterocycles. The van der Waals surface area contributed by atoms with Crippen molar-refractivity contribution in [3.8, 4) is 0 Å². The lowest BCUT2D eigenvalue weighted by Gasteiger charge is -2.18. The molecule has 1 fully saturated rings. The van der Waals surface area contributed by atoms with E-state index in [1.54, 1.807) is 0 Å². The fraction of sp³-hybridized carbons (Fsp3) is 0.857. The van der Waals surface area contributed by atoms with Crippen LogP contribution in [0.1, 0.15) is 6.42 Å². The molecule has 0 saturated carbocycles. The Bertz CT molecular complexity index is 163. The van der Waals surface area contributed by atoms with Gasteiger partial charge >= 0.3 is 0 Å². The number of alkyl halides is 2. The predicted molar refractivity (Wildman–Crippen MR) is 40.1 cm³/mol. The molecular weight excluding hydrogens is 166 g/mol. The number of nitrogens with one attached hydrogen (secondary N) is 1. The second kappa shape index (κ2) is 4.35. The summed E-state index contributed by atoms with van der Waals surface area (Å²) in [5.41, 5.74) is 0. The first-order valence-corrected chi connectivity index (χ1v) is 3.97. The molecule has 12 heavy (non-hydrogen) atoms. The van der Waals surface area contributed by atoms with Gasteiger partial charge in [-0.05, 0) is 0 Å². The smallest absolute Gasteiger partial charge is 0.255 e. The lowest BCUT2D eigenvalue weighted by molar-refractivity contribution is -0.132. The Balaban J connectivity index is 2.42. The Kier molecular flexibility index (Phi) is 3.40. The van der Waals surface area contributed by atoms with Gasteiger partial charge in [0, 0.05) is 26.1 Å². The number of hydrogen-bond donors (Lipinski definition) is 1. The Morgan fingerprint density at radius 2 is 2.25 bits per heavy atom. The van der Waals surface area contributed by atoms with E-state index in [9.17, 15) is 13.6 Å². The Hall–Kier alpha value is -0.710. The first-order valence-electron chi connectivity index (χ1n) is 3.97. The second-order valence-corrected chi connectivity index (χ2v) is 2.73. The maximum absolute atomic E-state index is 11.9. The number of rotatable bonds is 2. The number of hydrogen-bond acceptors (Lipinski definition) is 2. The zero-order valence-electron chi connectivity index (χ0n) is 6.72. The normalized spacial score (nSPS) is 19.9. The Morgan fingerprint density at radius 3 is 2.92 bits per heavy atom. The van der Waals surface area contributed by atoms with Gasteiger partial charge in [0.05, 0.1) is 6.54 Å². The van der Waals surface area contributed by atoms with Crippen LogP contribution in [0, 0.1) is 0 Å². The van der Waals surface area contributed by atoms with Crippen LogP contribution in [-0.2, 0) is 4.79 Å². The maximum atomic E-state index is 11.9. The number of nitrogens with zero attached hydrogens (tertiary/aromatic N) is 1. The highest BCUT2D eigenvalue weighted by atomic mass is 19.3. The molecule has 1 N–H and O–H groups in total. The molecule has 0 atom stereocenters. The van der Waals surface area contributed by atoms with E-state index in [4.69, 9.17) is 0 Å². The SMILES string of the molecule is O=C1CCNCCN1CC(F)F. The van der Waals surface area contributed by atoms with Gasteiger partial charge in [0.25, 0.3) is 6.43 Å². The van der Waals surface area contributed by atoms with E-state index in [1.807, 2.05) is 0 Å². The van der Waals surface area contributed by atoms with E-state index in [0.29, 0.717) is 26.1 Å². The summed E-state index contributed by atoms with van der Waals surface area (Å²) >= 11 is 0. The molecule has 1 rings (SSSR count). The van der Waals surface area contributed by atoms with E-state index < -0.39 is 13.0 Å². The lowest BCUT2D eigenvalue weighted by atomic mass is 10.4. The summed E-state index contributed by atoms with van der Waals surface area (Å²) in [7, 11) is 0. The highest BCUT2D eigenvalue weighted by molar-refractivity contribution is 5.76. The molecule has 0 aliphatic carbocycles. The van der Waals surface area contributed by atoms with Gasteiger partial charge in [-0.25, -0.2) is 8.78 Å². The zero-order chi connectivity index (χ0) is 8.97. The standard InChI is InChI=1S/C7H12F2N2O/c8-6(9)5-11-4-3-10-2-1-7(11)12/h6,10H,1-5H2. The number of carbonyl (C=O) groups excluding carboxylic acids is 1. The zero-order valence-corrected chi connectivity index (χ0v) is 6.72. The summed E-state index contributed by atoms with van der Waals surface area (Å²) in [5, 5.41) is 2.97. The fourth-order valence-electron chi connectivity index (χ4n) is 1.18. The van der Waals surface area contributed by atoms with Crippen LogP contribution in [0.2, 0.25) is 0 Å². The number of halogens is 2. The molecule has 0 bridgehead atoms. The van der Waals surface area contributed by atoms with E-state index in [-0.39, 0.29) is 5.91 Å². The van der Waals surface area contributed by atoms with Gasteiger partial charge < -0.3 is 10.2 Å². The first kappa shape index (κ1) is 9.38. The van der Waals surface area contributed by atoms with Crippen molar-refractivity contribution in [3.05, 3.63) is 0 Å². The molecular formula is C7H12F2N2O. The van der Waals surface area contributed by atoms with Crippen LogP contribution in [0.25, 0.3) is 0 Å². The molecule has 70 valence electrons. The summed E-state index contributed by atoms with van der Waals surface area (Å²) in [6.07, 6.45) is -2.10. The van der Waals surface area contributed by atoms with Crippen molar-refractivity contribution in [1.82, 2.24) is 10.2 Å². The van der Waals surface area contributed by atoms with Crippen molar-refractivity contribution in [1.29, 1.82) is 0 Å². The Morgan fingerprint density at radius 1 is 1.50 bits per heavy atom. The van der Waals surface area contributed by atoms with E-state index >= 15 is 0 Å².